The minimum absolute atomic E-state index is 0. The molecular weight excluding hydrogens is 459 g/mol. The van der Waals surface area contributed by atoms with Crippen molar-refractivity contribution in [1.82, 2.24) is 5.32 Å². The molecule has 3 aromatic carbocycles. The molecular formula is C28H29ClF3NO. The Morgan fingerprint density at radius 1 is 0.941 bits per heavy atom. The lowest BCUT2D eigenvalue weighted by atomic mass is 9.88. The van der Waals surface area contributed by atoms with Crippen molar-refractivity contribution in [3.63, 3.8) is 0 Å². The van der Waals surface area contributed by atoms with Crippen molar-refractivity contribution in [2.24, 2.45) is 0 Å². The van der Waals surface area contributed by atoms with Gasteiger partial charge in [-0.1, -0.05) is 54.6 Å². The van der Waals surface area contributed by atoms with E-state index in [4.69, 9.17) is 4.74 Å². The molecule has 6 heteroatoms. The second-order valence-electron chi connectivity index (χ2n) is 9.01. The SMILES string of the molecule is CC(NCCc1ccccc1)c1ccc2c(c1)OC(C)(C)C=C2c1cccc(C(F)(F)F)c1.Cl. The van der Waals surface area contributed by atoms with Gasteiger partial charge in [0.1, 0.15) is 11.4 Å². The molecule has 0 radical (unpaired) electrons. The number of alkyl halides is 3. The second kappa shape index (κ2) is 10.2. The Hall–Kier alpha value is -2.76. The quantitative estimate of drug-likeness (QED) is 0.386. The zero-order valence-corrected chi connectivity index (χ0v) is 20.3. The van der Waals surface area contributed by atoms with Crippen LogP contribution < -0.4 is 10.1 Å². The molecule has 1 heterocycles. The Labute approximate surface area is 205 Å². The van der Waals surface area contributed by atoms with Crippen LogP contribution in [0.5, 0.6) is 5.75 Å². The zero-order chi connectivity index (χ0) is 23.6. The van der Waals surface area contributed by atoms with Crippen molar-refractivity contribution < 1.29 is 17.9 Å². The topological polar surface area (TPSA) is 21.3 Å². The lowest BCUT2D eigenvalue weighted by Gasteiger charge is -2.32. The summed E-state index contributed by atoms with van der Waals surface area (Å²) in [7, 11) is 0. The van der Waals surface area contributed by atoms with E-state index in [1.165, 1.54) is 17.7 Å². The van der Waals surface area contributed by atoms with Crippen molar-refractivity contribution >= 4 is 18.0 Å². The normalized spacial score (nSPS) is 15.4. The molecule has 1 aliphatic rings. The molecule has 180 valence electrons. The van der Waals surface area contributed by atoms with Gasteiger partial charge in [-0.3, -0.25) is 0 Å². The van der Waals surface area contributed by atoms with Gasteiger partial charge < -0.3 is 10.1 Å². The third kappa shape index (κ3) is 6.02. The van der Waals surface area contributed by atoms with Crippen LogP contribution in [0.3, 0.4) is 0 Å². The van der Waals surface area contributed by atoms with E-state index >= 15 is 0 Å². The number of hydrogen-bond donors (Lipinski definition) is 1. The van der Waals surface area contributed by atoms with Crippen LogP contribution in [0.2, 0.25) is 0 Å². The van der Waals surface area contributed by atoms with Crippen molar-refractivity contribution in [3.8, 4) is 5.75 Å². The summed E-state index contributed by atoms with van der Waals surface area (Å²) in [5, 5.41) is 3.55. The molecule has 1 N–H and O–H groups in total. The first-order valence-electron chi connectivity index (χ1n) is 11.1. The molecule has 0 amide bonds. The van der Waals surface area contributed by atoms with E-state index in [0.29, 0.717) is 11.3 Å². The second-order valence-corrected chi connectivity index (χ2v) is 9.01. The highest BCUT2D eigenvalue weighted by molar-refractivity contribution is 5.85. The summed E-state index contributed by atoms with van der Waals surface area (Å²) in [6.07, 6.45) is -1.56. The van der Waals surface area contributed by atoms with Crippen molar-refractivity contribution in [2.45, 2.75) is 45.0 Å². The molecule has 0 bridgehead atoms. The fourth-order valence-electron chi connectivity index (χ4n) is 4.15. The summed E-state index contributed by atoms with van der Waals surface area (Å²) in [4.78, 5) is 0. The Bertz CT molecular complexity index is 1160. The van der Waals surface area contributed by atoms with E-state index in [9.17, 15) is 13.2 Å². The summed E-state index contributed by atoms with van der Waals surface area (Å²) in [6.45, 7) is 6.77. The molecule has 3 aromatic rings. The van der Waals surface area contributed by atoms with E-state index in [1.807, 2.05) is 56.3 Å². The Kier molecular flexibility index (Phi) is 7.79. The summed E-state index contributed by atoms with van der Waals surface area (Å²) < 4.78 is 46.1. The van der Waals surface area contributed by atoms with Crippen LogP contribution in [0.25, 0.3) is 5.57 Å². The van der Waals surface area contributed by atoms with E-state index < -0.39 is 17.3 Å². The van der Waals surface area contributed by atoms with Crippen LogP contribution in [-0.2, 0) is 12.6 Å². The van der Waals surface area contributed by atoms with Gasteiger partial charge in [-0.05, 0) is 80.3 Å². The lowest BCUT2D eigenvalue weighted by molar-refractivity contribution is -0.137. The van der Waals surface area contributed by atoms with Crippen LogP contribution in [0, 0.1) is 0 Å². The van der Waals surface area contributed by atoms with Gasteiger partial charge in [-0.15, -0.1) is 12.4 Å². The molecule has 0 fully saturated rings. The average Bonchev–Trinajstić information content (AvgIpc) is 2.77. The molecule has 0 saturated heterocycles. The summed E-state index contributed by atoms with van der Waals surface area (Å²) in [5.41, 5.74) is 3.15. The van der Waals surface area contributed by atoms with E-state index in [0.717, 1.165) is 35.7 Å². The molecule has 4 rings (SSSR count). The van der Waals surface area contributed by atoms with Gasteiger partial charge in [0, 0.05) is 11.6 Å². The Morgan fingerprint density at radius 3 is 2.38 bits per heavy atom. The average molecular weight is 488 g/mol. The van der Waals surface area contributed by atoms with Crippen molar-refractivity contribution in [1.29, 1.82) is 0 Å². The molecule has 0 saturated carbocycles. The molecule has 1 unspecified atom stereocenters. The summed E-state index contributed by atoms with van der Waals surface area (Å²) in [6, 6.07) is 21.9. The van der Waals surface area contributed by atoms with Gasteiger partial charge in [0.25, 0.3) is 0 Å². The molecule has 2 nitrogen and oxygen atoms in total. The molecule has 0 aromatic heterocycles. The van der Waals surface area contributed by atoms with Crippen LogP contribution >= 0.6 is 12.4 Å². The van der Waals surface area contributed by atoms with Crippen LogP contribution in [0.4, 0.5) is 13.2 Å². The van der Waals surface area contributed by atoms with E-state index in [1.54, 1.807) is 6.07 Å². The van der Waals surface area contributed by atoms with Crippen LogP contribution in [-0.4, -0.2) is 12.1 Å². The smallest absolute Gasteiger partial charge is 0.416 e. The van der Waals surface area contributed by atoms with Gasteiger partial charge in [0.15, 0.2) is 0 Å². The predicted molar refractivity (Wildman–Crippen MR) is 133 cm³/mol. The maximum Gasteiger partial charge on any atom is 0.416 e. The van der Waals surface area contributed by atoms with E-state index in [-0.39, 0.29) is 18.4 Å². The van der Waals surface area contributed by atoms with Gasteiger partial charge in [-0.25, -0.2) is 0 Å². The minimum atomic E-state index is -4.38. The number of fused-ring (bicyclic) bond motifs is 1. The molecule has 1 aliphatic heterocycles. The molecule has 0 aliphatic carbocycles. The number of benzene rings is 3. The maximum absolute atomic E-state index is 13.3. The minimum Gasteiger partial charge on any atom is -0.483 e. The zero-order valence-electron chi connectivity index (χ0n) is 19.4. The largest absolute Gasteiger partial charge is 0.483 e. The Morgan fingerprint density at radius 2 is 1.68 bits per heavy atom. The van der Waals surface area contributed by atoms with E-state index in [2.05, 4.69) is 24.4 Å². The highest BCUT2D eigenvalue weighted by atomic mass is 35.5. The fraction of sp³-hybridized carbons (Fsp3) is 0.286. The number of ether oxygens (including phenoxy) is 1. The molecule has 34 heavy (non-hydrogen) atoms. The third-order valence-corrected chi connectivity index (χ3v) is 5.87. The third-order valence-electron chi connectivity index (χ3n) is 5.87. The standard InChI is InChI=1S/C28H28F3NO.ClH/c1-19(32-15-14-20-8-5-4-6-9-20)21-12-13-24-25(18-27(2,3)33-26(24)17-21)22-10-7-11-23(16-22)28(29,30)31;/h4-13,16-19,32H,14-15H2,1-3H3;1H. The number of rotatable bonds is 6. The molecule has 1 atom stereocenters. The van der Waals surface area contributed by atoms with Crippen molar-refractivity contribution in [2.75, 3.05) is 6.54 Å². The first kappa shape index (κ1) is 25.9. The van der Waals surface area contributed by atoms with Gasteiger partial charge in [-0.2, -0.15) is 13.2 Å². The predicted octanol–water partition coefficient (Wildman–Crippen LogP) is 7.62. The summed E-state index contributed by atoms with van der Waals surface area (Å²) >= 11 is 0. The van der Waals surface area contributed by atoms with Gasteiger partial charge in [0.05, 0.1) is 5.56 Å². The van der Waals surface area contributed by atoms with Crippen LogP contribution in [0.1, 0.15) is 54.6 Å². The summed E-state index contributed by atoms with van der Waals surface area (Å²) in [5.74, 6) is 0.684. The monoisotopic (exact) mass is 487 g/mol. The lowest BCUT2D eigenvalue weighted by Crippen LogP contribution is -2.29. The first-order valence-corrected chi connectivity index (χ1v) is 11.1. The highest BCUT2D eigenvalue weighted by Gasteiger charge is 2.32. The number of halogens is 4. The Balaban J connectivity index is 0.00000324. The van der Waals surface area contributed by atoms with Gasteiger partial charge in [0.2, 0.25) is 0 Å². The van der Waals surface area contributed by atoms with Crippen LogP contribution in [0.15, 0.2) is 78.9 Å². The van der Waals surface area contributed by atoms with Crippen molar-refractivity contribution in [3.05, 3.63) is 107 Å². The number of hydrogen-bond acceptors (Lipinski definition) is 2. The first-order chi connectivity index (χ1) is 15.6. The number of nitrogens with one attached hydrogen (secondary N) is 1. The molecule has 0 spiro atoms. The van der Waals surface area contributed by atoms with Gasteiger partial charge >= 0.3 is 6.18 Å². The maximum atomic E-state index is 13.3. The highest BCUT2D eigenvalue weighted by Crippen LogP contribution is 2.41. The fourth-order valence-corrected chi connectivity index (χ4v) is 4.15.